The molecule has 1 rings (SSSR count). The van der Waals surface area contributed by atoms with Crippen molar-refractivity contribution in [3.8, 4) is 0 Å². The molecule has 0 aromatic heterocycles. The molecule has 0 bridgehead atoms. The Morgan fingerprint density at radius 3 is 2.30 bits per heavy atom. The summed E-state index contributed by atoms with van der Waals surface area (Å²) in [6.45, 7) is 4.76. The fourth-order valence-electron chi connectivity index (χ4n) is 2.08. The Hall–Kier alpha value is 0. The molecule has 0 nitrogen and oxygen atoms in total. The lowest BCUT2D eigenvalue weighted by atomic mass is 9.83. The van der Waals surface area contributed by atoms with Gasteiger partial charge in [0.2, 0.25) is 0 Å². The van der Waals surface area contributed by atoms with Gasteiger partial charge in [0.05, 0.1) is 0 Å². The molecule has 0 atom stereocenters. The summed E-state index contributed by atoms with van der Waals surface area (Å²) >= 11 is 0. The lowest BCUT2D eigenvalue weighted by Gasteiger charge is -2.22. The minimum absolute atomic E-state index is 0.746. The quantitative estimate of drug-likeness (QED) is 0.560. The minimum Gasteiger partial charge on any atom is -0.0654 e. The lowest BCUT2D eigenvalue weighted by molar-refractivity contribution is 0.298. The van der Waals surface area contributed by atoms with Gasteiger partial charge in [0.15, 0.2) is 0 Å². The molecule has 0 heteroatoms. The summed E-state index contributed by atoms with van der Waals surface area (Å²) in [6.07, 6.45) is 10.2. The van der Waals surface area contributed by atoms with Crippen molar-refractivity contribution in [2.45, 2.75) is 58.8 Å². The molecule has 0 aliphatic heterocycles. The van der Waals surface area contributed by atoms with E-state index in [-0.39, 0.29) is 0 Å². The largest absolute Gasteiger partial charge is 0.0654 e. The molecule has 0 aromatic rings. The normalized spacial score (nSPS) is 23.4. The maximum Gasteiger partial charge on any atom is -0.0326 e. The zero-order valence-corrected chi connectivity index (χ0v) is 7.45. The van der Waals surface area contributed by atoms with Crippen LogP contribution in [0.5, 0.6) is 0 Å². The second-order valence-electron chi connectivity index (χ2n) is 4.12. The van der Waals surface area contributed by atoms with E-state index < -0.39 is 0 Å². The van der Waals surface area contributed by atoms with Crippen LogP contribution < -0.4 is 0 Å². The van der Waals surface area contributed by atoms with E-state index in [1.54, 1.807) is 0 Å². The Morgan fingerprint density at radius 1 is 1.20 bits per heavy atom. The van der Waals surface area contributed by atoms with Gasteiger partial charge < -0.3 is 0 Å². The molecular weight excluding hydrogens is 120 g/mol. The third kappa shape index (κ3) is 2.00. The Labute approximate surface area is 65.0 Å². The molecule has 1 fully saturated rings. The van der Waals surface area contributed by atoms with Gasteiger partial charge in [-0.1, -0.05) is 39.5 Å². The maximum absolute atomic E-state index is 2.47. The minimum atomic E-state index is 0.746. The molecule has 10 heavy (non-hydrogen) atoms. The van der Waals surface area contributed by atoms with Gasteiger partial charge in [-0.2, -0.15) is 0 Å². The first-order valence-electron chi connectivity index (χ1n) is 4.77. The summed E-state index contributed by atoms with van der Waals surface area (Å²) in [5.74, 6) is 0. The molecule has 1 saturated carbocycles. The zero-order chi connectivity index (χ0) is 7.45. The van der Waals surface area contributed by atoms with Crippen LogP contribution in [0.1, 0.15) is 58.8 Å². The Kier molecular flexibility index (Phi) is 2.76. The van der Waals surface area contributed by atoms with Crippen LogP contribution >= 0.6 is 0 Å². The maximum atomic E-state index is 2.47. The fraction of sp³-hybridized carbons (Fsp3) is 1.00. The molecule has 60 valence electrons. The highest BCUT2D eigenvalue weighted by atomic mass is 14.3. The van der Waals surface area contributed by atoms with E-state index in [0.29, 0.717) is 0 Å². The van der Waals surface area contributed by atoms with E-state index in [1.165, 1.54) is 44.9 Å². The first-order chi connectivity index (χ1) is 4.77. The predicted octanol–water partition coefficient (Wildman–Crippen LogP) is 3.76. The molecule has 0 aromatic carbocycles. The van der Waals surface area contributed by atoms with Crippen LogP contribution in [0.25, 0.3) is 0 Å². The van der Waals surface area contributed by atoms with Gasteiger partial charge in [0.25, 0.3) is 0 Å². The molecule has 0 saturated heterocycles. The summed E-state index contributed by atoms with van der Waals surface area (Å²) < 4.78 is 0. The average molecular weight is 140 g/mol. The summed E-state index contributed by atoms with van der Waals surface area (Å²) in [4.78, 5) is 0. The van der Waals surface area contributed by atoms with E-state index in [9.17, 15) is 0 Å². The second-order valence-corrected chi connectivity index (χ2v) is 4.12. The summed E-state index contributed by atoms with van der Waals surface area (Å²) in [6, 6.07) is 0. The van der Waals surface area contributed by atoms with Gasteiger partial charge in [-0.05, 0) is 24.7 Å². The van der Waals surface area contributed by atoms with Crippen LogP contribution in [-0.4, -0.2) is 0 Å². The Balaban J connectivity index is 2.22. The molecule has 0 unspecified atom stereocenters. The smallest absolute Gasteiger partial charge is 0.0326 e. The van der Waals surface area contributed by atoms with Gasteiger partial charge in [-0.25, -0.2) is 0 Å². The van der Waals surface area contributed by atoms with Crippen molar-refractivity contribution in [1.82, 2.24) is 0 Å². The number of hydrogen-bond acceptors (Lipinski definition) is 0. The molecule has 0 heterocycles. The average Bonchev–Trinajstić information content (AvgIpc) is 2.33. The van der Waals surface area contributed by atoms with Crippen LogP contribution in [0.4, 0.5) is 0 Å². The van der Waals surface area contributed by atoms with Crippen molar-refractivity contribution in [2.24, 2.45) is 5.41 Å². The van der Waals surface area contributed by atoms with E-state index in [0.717, 1.165) is 5.41 Å². The highest BCUT2D eigenvalue weighted by Crippen LogP contribution is 2.41. The number of hydrogen-bond donors (Lipinski definition) is 0. The predicted molar refractivity (Wildman–Crippen MR) is 46.1 cm³/mol. The van der Waals surface area contributed by atoms with Crippen molar-refractivity contribution >= 4 is 0 Å². The van der Waals surface area contributed by atoms with Gasteiger partial charge in [-0.3, -0.25) is 0 Å². The fourth-order valence-corrected chi connectivity index (χ4v) is 2.08. The number of rotatable bonds is 3. The molecule has 1 aliphatic rings. The third-order valence-electron chi connectivity index (χ3n) is 2.94. The Bertz CT molecular complexity index is 88.2. The second kappa shape index (κ2) is 3.41. The monoisotopic (exact) mass is 140 g/mol. The van der Waals surface area contributed by atoms with Crippen molar-refractivity contribution in [1.29, 1.82) is 0 Å². The van der Waals surface area contributed by atoms with E-state index in [4.69, 9.17) is 0 Å². The van der Waals surface area contributed by atoms with Crippen molar-refractivity contribution in [3.63, 3.8) is 0 Å². The van der Waals surface area contributed by atoms with E-state index in [2.05, 4.69) is 13.8 Å². The van der Waals surface area contributed by atoms with E-state index in [1.807, 2.05) is 0 Å². The molecular formula is C10H20. The van der Waals surface area contributed by atoms with E-state index >= 15 is 0 Å². The van der Waals surface area contributed by atoms with Crippen LogP contribution in [0, 0.1) is 5.41 Å². The van der Waals surface area contributed by atoms with Crippen LogP contribution in [-0.2, 0) is 0 Å². The van der Waals surface area contributed by atoms with Crippen LogP contribution in [0.15, 0.2) is 0 Å². The summed E-state index contributed by atoms with van der Waals surface area (Å²) in [5, 5.41) is 0. The molecule has 0 N–H and O–H groups in total. The van der Waals surface area contributed by atoms with Crippen molar-refractivity contribution < 1.29 is 0 Å². The molecule has 0 radical (unpaired) electrons. The van der Waals surface area contributed by atoms with Crippen LogP contribution in [0.2, 0.25) is 0 Å². The van der Waals surface area contributed by atoms with Gasteiger partial charge >= 0.3 is 0 Å². The molecule has 1 aliphatic carbocycles. The van der Waals surface area contributed by atoms with Crippen molar-refractivity contribution in [3.05, 3.63) is 0 Å². The topological polar surface area (TPSA) is 0 Å². The van der Waals surface area contributed by atoms with Gasteiger partial charge in [0.1, 0.15) is 0 Å². The lowest BCUT2D eigenvalue weighted by Crippen LogP contribution is -2.09. The standard InChI is InChI=1S/C10H20/c1-3-4-7-10(2)8-5-6-9-10/h3-9H2,1-2H3. The molecule has 0 spiro atoms. The number of unbranched alkanes of at least 4 members (excludes halogenated alkanes) is 1. The highest BCUT2D eigenvalue weighted by Gasteiger charge is 2.27. The summed E-state index contributed by atoms with van der Waals surface area (Å²) in [7, 11) is 0. The summed E-state index contributed by atoms with van der Waals surface area (Å²) in [5.41, 5.74) is 0.746. The van der Waals surface area contributed by atoms with Gasteiger partial charge in [0, 0.05) is 0 Å². The first-order valence-corrected chi connectivity index (χ1v) is 4.77. The van der Waals surface area contributed by atoms with Crippen molar-refractivity contribution in [2.75, 3.05) is 0 Å². The first kappa shape index (κ1) is 8.10. The Morgan fingerprint density at radius 2 is 1.80 bits per heavy atom. The third-order valence-corrected chi connectivity index (χ3v) is 2.94. The SMILES string of the molecule is CCCCC1(C)CCCC1. The highest BCUT2D eigenvalue weighted by molar-refractivity contribution is 4.79. The van der Waals surface area contributed by atoms with Gasteiger partial charge in [-0.15, -0.1) is 0 Å². The molecule has 0 amide bonds. The van der Waals surface area contributed by atoms with Crippen LogP contribution in [0.3, 0.4) is 0 Å². The zero-order valence-electron chi connectivity index (χ0n) is 7.45.